The number of hydrogen-bond acceptors (Lipinski definition) is 6. The third kappa shape index (κ3) is 9.82. The fraction of sp³-hybridized carbons (Fsp3) is 0.643. The maximum absolute atomic E-state index is 13.3. The number of carboxylic acid groups (broad SMARTS) is 1. The predicted octanol–water partition coefficient (Wildman–Crippen LogP) is 5.73. The van der Waals surface area contributed by atoms with E-state index in [1.807, 2.05) is 44.2 Å². The molecule has 35 heavy (non-hydrogen) atoms. The Labute approximate surface area is 209 Å². The highest BCUT2D eigenvalue weighted by molar-refractivity contribution is 5.82. The van der Waals surface area contributed by atoms with Gasteiger partial charge in [-0.05, 0) is 52.0 Å². The van der Waals surface area contributed by atoms with Crippen LogP contribution in [0.15, 0.2) is 30.3 Å². The smallest absolute Gasteiger partial charge is 0.312 e. The van der Waals surface area contributed by atoms with Crippen molar-refractivity contribution in [3.63, 3.8) is 0 Å². The maximum Gasteiger partial charge on any atom is 0.312 e. The highest BCUT2D eigenvalue weighted by Crippen LogP contribution is 2.43. The zero-order valence-electron chi connectivity index (χ0n) is 22.1. The summed E-state index contributed by atoms with van der Waals surface area (Å²) in [4.78, 5) is 50.2. The van der Waals surface area contributed by atoms with Crippen molar-refractivity contribution in [2.24, 2.45) is 16.7 Å². The van der Waals surface area contributed by atoms with E-state index in [0.717, 1.165) is 18.4 Å². The van der Waals surface area contributed by atoms with Crippen LogP contribution in [0.4, 0.5) is 0 Å². The molecule has 0 aliphatic carbocycles. The number of benzene rings is 1. The van der Waals surface area contributed by atoms with Gasteiger partial charge >= 0.3 is 17.9 Å². The Kier molecular flexibility index (Phi) is 12.1. The average molecular weight is 491 g/mol. The average Bonchev–Trinajstić information content (AvgIpc) is 2.81. The Morgan fingerprint density at radius 3 is 2.14 bits per heavy atom. The van der Waals surface area contributed by atoms with E-state index in [-0.39, 0.29) is 31.7 Å². The molecule has 0 aliphatic rings. The topological polar surface area (TPSA) is 107 Å². The Hall–Kier alpha value is -2.70. The molecular weight excluding hydrogens is 448 g/mol. The molecule has 0 radical (unpaired) electrons. The molecule has 0 heterocycles. The Morgan fingerprint density at radius 1 is 0.971 bits per heavy atom. The Bertz CT molecular complexity index is 850. The van der Waals surface area contributed by atoms with Crippen molar-refractivity contribution in [2.75, 3.05) is 0 Å². The van der Waals surface area contributed by atoms with Gasteiger partial charge in [0.15, 0.2) is 0 Å². The molecule has 1 N–H and O–H groups in total. The van der Waals surface area contributed by atoms with Gasteiger partial charge in [-0.15, -0.1) is 0 Å². The van der Waals surface area contributed by atoms with Crippen molar-refractivity contribution in [1.82, 2.24) is 0 Å². The van der Waals surface area contributed by atoms with Crippen LogP contribution in [0.3, 0.4) is 0 Å². The summed E-state index contributed by atoms with van der Waals surface area (Å²) in [5, 5.41) is 9.50. The number of Topliss-reactive ketones (excluding diaryl/α,β-unsaturated/α-hetero) is 1. The van der Waals surface area contributed by atoms with E-state index in [0.29, 0.717) is 12.8 Å². The van der Waals surface area contributed by atoms with Gasteiger partial charge in [-0.25, -0.2) is 0 Å². The van der Waals surface area contributed by atoms with E-state index in [9.17, 15) is 24.3 Å². The van der Waals surface area contributed by atoms with Gasteiger partial charge in [0, 0.05) is 12.8 Å². The number of carbonyl (C=O) groups excluding carboxylic acids is 3. The summed E-state index contributed by atoms with van der Waals surface area (Å²) in [5.41, 5.74) is -1.43. The number of carbonyl (C=O) groups is 4. The van der Waals surface area contributed by atoms with Crippen molar-refractivity contribution in [1.29, 1.82) is 0 Å². The number of rotatable bonds is 16. The number of hydrogen-bond donors (Lipinski definition) is 1. The van der Waals surface area contributed by atoms with Gasteiger partial charge in [0.25, 0.3) is 0 Å². The molecule has 0 saturated carbocycles. The first-order chi connectivity index (χ1) is 16.4. The number of ether oxygens (including phenoxy) is 2. The van der Waals surface area contributed by atoms with Gasteiger partial charge in [0.05, 0.1) is 16.7 Å². The van der Waals surface area contributed by atoms with Crippen LogP contribution in [-0.2, 0) is 35.3 Å². The van der Waals surface area contributed by atoms with Crippen LogP contribution in [0, 0.1) is 16.7 Å². The molecule has 7 nitrogen and oxygen atoms in total. The quantitative estimate of drug-likeness (QED) is 0.295. The van der Waals surface area contributed by atoms with E-state index in [1.165, 1.54) is 6.92 Å². The lowest BCUT2D eigenvalue weighted by molar-refractivity contribution is -0.169. The number of carboxylic acids is 1. The molecule has 1 aromatic rings. The van der Waals surface area contributed by atoms with Crippen LogP contribution in [0.25, 0.3) is 0 Å². The highest BCUT2D eigenvalue weighted by Gasteiger charge is 2.47. The molecular formula is C28H42O7. The molecule has 0 amide bonds. The van der Waals surface area contributed by atoms with Crippen molar-refractivity contribution in [3.8, 4) is 0 Å². The Balaban J connectivity index is 3.04. The largest absolute Gasteiger partial charge is 0.481 e. The SMILES string of the molecule is CCCCC(=O)CC(C)OC(=O)C(C)(CC(C)C(=O)O)CC(C)(CC)C(=O)OCc1ccccc1. The van der Waals surface area contributed by atoms with Gasteiger partial charge in [0.2, 0.25) is 0 Å². The van der Waals surface area contributed by atoms with Gasteiger partial charge in [-0.3, -0.25) is 19.2 Å². The highest BCUT2D eigenvalue weighted by atomic mass is 16.5. The summed E-state index contributed by atoms with van der Waals surface area (Å²) in [6.45, 7) is 10.5. The second-order valence-electron chi connectivity index (χ2n) is 10.2. The first-order valence-corrected chi connectivity index (χ1v) is 12.5. The molecule has 196 valence electrons. The van der Waals surface area contributed by atoms with E-state index in [2.05, 4.69) is 0 Å². The minimum atomic E-state index is -1.25. The van der Waals surface area contributed by atoms with Crippen molar-refractivity contribution in [3.05, 3.63) is 35.9 Å². The number of unbranched alkanes of at least 4 members (excludes halogenated alkanes) is 1. The van der Waals surface area contributed by atoms with E-state index < -0.39 is 40.8 Å². The molecule has 4 atom stereocenters. The van der Waals surface area contributed by atoms with Crippen LogP contribution in [0.1, 0.15) is 92.1 Å². The van der Waals surface area contributed by atoms with Crippen molar-refractivity contribution in [2.45, 2.75) is 99.2 Å². The van der Waals surface area contributed by atoms with Gasteiger partial charge in [0.1, 0.15) is 18.5 Å². The minimum absolute atomic E-state index is 0.000771. The summed E-state index contributed by atoms with van der Waals surface area (Å²) in [5.74, 6) is -2.88. The molecule has 0 aliphatic heterocycles. The van der Waals surface area contributed by atoms with E-state index in [4.69, 9.17) is 9.47 Å². The third-order valence-corrected chi connectivity index (χ3v) is 6.57. The molecule has 0 spiro atoms. The second-order valence-corrected chi connectivity index (χ2v) is 10.2. The monoisotopic (exact) mass is 490 g/mol. The zero-order chi connectivity index (χ0) is 26.6. The normalized spacial score (nSPS) is 16.3. The van der Waals surface area contributed by atoms with Crippen LogP contribution in [-0.4, -0.2) is 34.9 Å². The number of aliphatic carboxylic acids is 1. The zero-order valence-corrected chi connectivity index (χ0v) is 22.1. The minimum Gasteiger partial charge on any atom is -0.481 e. The Morgan fingerprint density at radius 2 is 1.60 bits per heavy atom. The summed E-state index contributed by atoms with van der Waals surface area (Å²) in [7, 11) is 0. The van der Waals surface area contributed by atoms with Gasteiger partial charge in [-0.1, -0.05) is 57.5 Å². The van der Waals surface area contributed by atoms with Crippen LogP contribution < -0.4 is 0 Å². The molecule has 0 bridgehead atoms. The van der Waals surface area contributed by atoms with Crippen LogP contribution >= 0.6 is 0 Å². The van der Waals surface area contributed by atoms with Crippen LogP contribution in [0.2, 0.25) is 0 Å². The van der Waals surface area contributed by atoms with E-state index >= 15 is 0 Å². The lowest BCUT2D eigenvalue weighted by Crippen LogP contribution is -2.42. The second kappa shape index (κ2) is 14.0. The fourth-order valence-corrected chi connectivity index (χ4v) is 4.25. The van der Waals surface area contributed by atoms with Crippen molar-refractivity contribution < 1.29 is 33.8 Å². The van der Waals surface area contributed by atoms with Crippen LogP contribution in [0.5, 0.6) is 0 Å². The molecule has 4 unspecified atom stereocenters. The lowest BCUT2D eigenvalue weighted by Gasteiger charge is -2.37. The summed E-state index contributed by atoms with van der Waals surface area (Å²) < 4.78 is 11.2. The summed E-state index contributed by atoms with van der Waals surface area (Å²) >= 11 is 0. The molecule has 1 aromatic carbocycles. The van der Waals surface area contributed by atoms with Gasteiger partial charge < -0.3 is 14.6 Å². The molecule has 0 fully saturated rings. The first kappa shape index (κ1) is 30.3. The molecule has 0 aromatic heterocycles. The molecule has 0 saturated heterocycles. The van der Waals surface area contributed by atoms with Crippen molar-refractivity contribution >= 4 is 23.7 Å². The predicted molar refractivity (Wildman–Crippen MR) is 133 cm³/mol. The molecule has 7 heteroatoms. The number of esters is 2. The standard InChI is InChI=1S/C28H42O7/c1-7-9-15-23(29)16-21(4)35-26(33)28(6,17-20(3)24(30)31)19-27(5,8-2)25(32)34-18-22-13-11-10-12-14-22/h10-14,20-21H,7-9,15-19H2,1-6H3,(H,30,31). The third-order valence-electron chi connectivity index (χ3n) is 6.57. The maximum atomic E-state index is 13.3. The van der Waals surface area contributed by atoms with Gasteiger partial charge in [-0.2, -0.15) is 0 Å². The number of ketones is 1. The summed E-state index contributed by atoms with van der Waals surface area (Å²) in [6.07, 6.45) is 2.07. The fourth-order valence-electron chi connectivity index (χ4n) is 4.25. The first-order valence-electron chi connectivity index (χ1n) is 12.5. The lowest BCUT2D eigenvalue weighted by atomic mass is 9.68. The summed E-state index contributed by atoms with van der Waals surface area (Å²) in [6, 6.07) is 9.31. The molecule has 1 rings (SSSR count). The van der Waals surface area contributed by atoms with E-state index in [1.54, 1.807) is 20.8 Å².